The van der Waals surface area contributed by atoms with Gasteiger partial charge in [-0.25, -0.2) is 4.98 Å². The summed E-state index contributed by atoms with van der Waals surface area (Å²) in [6.45, 7) is 8.54. The maximum atomic E-state index is 5.86. The molecule has 0 amide bonds. The van der Waals surface area contributed by atoms with Crippen molar-refractivity contribution in [2.24, 2.45) is 0 Å². The Labute approximate surface area is 266 Å². The average Bonchev–Trinajstić information content (AvgIpc) is 3.50. The van der Waals surface area contributed by atoms with Crippen LogP contribution >= 0.6 is 27.9 Å². The van der Waals surface area contributed by atoms with Crippen molar-refractivity contribution in [2.45, 2.75) is 45.7 Å². The molecule has 0 radical (unpaired) electrons. The molecule has 2 N–H and O–H groups in total. The summed E-state index contributed by atoms with van der Waals surface area (Å²) in [6, 6.07) is 9.08. The van der Waals surface area contributed by atoms with Crippen molar-refractivity contribution in [3.63, 3.8) is 0 Å². The monoisotopic (exact) mass is 665 g/mol. The summed E-state index contributed by atoms with van der Waals surface area (Å²) in [5, 5.41) is 6.96. The zero-order valence-corrected chi connectivity index (χ0v) is 28.3. The van der Waals surface area contributed by atoms with E-state index in [0.29, 0.717) is 17.8 Å². The van der Waals surface area contributed by atoms with E-state index in [1.807, 2.05) is 12.1 Å². The topological polar surface area (TPSA) is 94.6 Å². The number of anilines is 6. The van der Waals surface area contributed by atoms with Crippen molar-refractivity contribution < 1.29 is 4.74 Å². The van der Waals surface area contributed by atoms with Gasteiger partial charge < -0.3 is 29.5 Å². The fourth-order valence-electron chi connectivity index (χ4n) is 5.51. The average molecular weight is 667 g/mol. The number of halogens is 1. The predicted octanol–water partition coefficient (Wildman–Crippen LogP) is 6.87. The summed E-state index contributed by atoms with van der Waals surface area (Å²) in [5.41, 5.74) is 6.80. The predicted molar refractivity (Wildman–Crippen MR) is 184 cm³/mol. The first-order valence-corrected chi connectivity index (χ1v) is 16.5. The van der Waals surface area contributed by atoms with Gasteiger partial charge in [0, 0.05) is 61.8 Å². The van der Waals surface area contributed by atoms with Crippen LogP contribution in [-0.2, 0) is 6.42 Å². The van der Waals surface area contributed by atoms with Crippen LogP contribution in [0.2, 0.25) is 0 Å². The lowest BCUT2D eigenvalue weighted by Crippen LogP contribution is -2.31. The first kappa shape index (κ1) is 31.1. The Morgan fingerprint density at radius 2 is 1.91 bits per heavy atom. The van der Waals surface area contributed by atoms with Crippen LogP contribution in [0.5, 0.6) is 5.75 Å². The highest BCUT2D eigenvalue weighted by Gasteiger charge is 2.27. The van der Waals surface area contributed by atoms with E-state index >= 15 is 0 Å². The molecular weight excluding hydrogens is 626 g/mol. The number of benzene rings is 2. The lowest BCUT2D eigenvalue weighted by Gasteiger charge is -2.29. The van der Waals surface area contributed by atoms with E-state index in [4.69, 9.17) is 9.72 Å². The molecule has 1 aliphatic heterocycles. The molecule has 2 aromatic heterocycles. The number of ether oxygens (including phenoxy) is 1. The van der Waals surface area contributed by atoms with Crippen LogP contribution < -0.4 is 24.6 Å². The normalized spacial score (nSPS) is 15.0. The van der Waals surface area contributed by atoms with Gasteiger partial charge in [0.2, 0.25) is 5.95 Å². The highest BCUT2D eigenvalue weighted by molar-refractivity contribution is 9.10. The van der Waals surface area contributed by atoms with Gasteiger partial charge >= 0.3 is 0 Å². The molecule has 10 nitrogen and oxygen atoms in total. The fraction of sp³-hybridized carbons (Fsp3) is 0.419. The molecule has 12 heteroatoms. The van der Waals surface area contributed by atoms with Crippen LogP contribution in [0.3, 0.4) is 0 Å². The van der Waals surface area contributed by atoms with Gasteiger partial charge in [-0.2, -0.15) is 4.98 Å². The molecular formula is C31H40BrN9OS. The number of rotatable bonds is 11. The lowest BCUT2D eigenvalue weighted by atomic mass is 10.1. The van der Waals surface area contributed by atoms with Gasteiger partial charge in [0.15, 0.2) is 0 Å². The molecule has 0 spiro atoms. The molecule has 1 fully saturated rings. The van der Waals surface area contributed by atoms with Gasteiger partial charge in [0.25, 0.3) is 0 Å². The third-order valence-corrected chi connectivity index (χ3v) is 9.34. The highest BCUT2D eigenvalue weighted by Crippen LogP contribution is 2.40. The van der Waals surface area contributed by atoms with Crippen molar-refractivity contribution in [3.05, 3.63) is 52.9 Å². The second-order valence-corrected chi connectivity index (χ2v) is 12.6. The second kappa shape index (κ2) is 13.5. The first-order valence-electron chi connectivity index (χ1n) is 14.5. The summed E-state index contributed by atoms with van der Waals surface area (Å²) in [6.07, 6.45) is 9.31. The van der Waals surface area contributed by atoms with Crippen molar-refractivity contribution in [3.8, 4) is 5.75 Å². The van der Waals surface area contributed by atoms with Crippen LogP contribution in [0, 0.1) is 0 Å². The van der Waals surface area contributed by atoms with Crippen molar-refractivity contribution >= 4 is 73.4 Å². The van der Waals surface area contributed by atoms with Gasteiger partial charge in [-0.3, -0.25) is 9.97 Å². The number of methoxy groups -OCH3 is 1. The molecule has 0 bridgehead atoms. The second-order valence-electron chi connectivity index (χ2n) is 11.0. The van der Waals surface area contributed by atoms with Crippen LogP contribution in [0.4, 0.5) is 34.5 Å². The number of hydrogen-bond donors (Lipinski definition) is 2. The van der Waals surface area contributed by atoms with Gasteiger partial charge in [0.05, 0.1) is 34.2 Å². The van der Waals surface area contributed by atoms with Crippen LogP contribution in [-0.4, -0.2) is 77.5 Å². The summed E-state index contributed by atoms with van der Waals surface area (Å²) >= 11 is 5.30. The number of nitrogens with zero attached hydrogens (tertiary/aromatic N) is 7. The smallest absolute Gasteiger partial charge is 0.229 e. The number of nitrogens with one attached hydrogen (secondary N) is 2. The minimum absolute atomic E-state index is 0.228. The van der Waals surface area contributed by atoms with E-state index in [1.54, 1.807) is 37.6 Å². The molecule has 5 rings (SSSR count). The number of likely N-dealkylation sites (N-methyl/N-ethyl adjacent to an activating group) is 1. The zero-order valence-electron chi connectivity index (χ0n) is 25.8. The van der Waals surface area contributed by atoms with Crippen LogP contribution in [0.1, 0.15) is 32.8 Å². The quantitative estimate of drug-likeness (QED) is 0.164. The highest BCUT2D eigenvalue weighted by atomic mass is 79.9. The molecule has 0 saturated carbocycles. The molecule has 43 heavy (non-hydrogen) atoms. The molecule has 2 aromatic carbocycles. The van der Waals surface area contributed by atoms with Gasteiger partial charge in [0.1, 0.15) is 17.1 Å². The van der Waals surface area contributed by atoms with Crippen LogP contribution in [0.25, 0.3) is 11.0 Å². The molecule has 228 valence electrons. The Bertz CT molecular complexity index is 1580. The third kappa shape index (κ3) is 6.61. The maximum Gasteiger partial charge on any atom is 0.229 e. The zero-order chi connectivity index (χ0) is 30.7. The number of fused-ring (bicyclic) bond motifs is 1. The first-order chi connectivity index (χ1) is 20.7. The largest absolute Gasteiger partial charge is 0.494 e. The fourth-order valence-corrected chi connectivity index (χ4v) is 6.59. The number of aromatic nitrogens is 4. The Morgan fingerprint density at radius 1 is 1.12 bits per heavy atom. The van der Waals surface area contributed by atoms with Gasteiger partial charge in [-0.15, -0.1) is 0 Å². The molecule has 4 aromatic rings. The van der Waals surface area contributed by atoms with E-state index in [1.165, 1.54) is 11.3 Å². The summed E-state index contributed by atoms with van der Waals surface area (Å²) in [4.78, 5) is 23.4. The minimum atomic E-state index is 0.228. The summed E-state index contributed by atoms with van der Waals surface area (Å²) in [5.74, 6) is 1.84. The minimum Gasteiger partial charge on any atom is -0.494 e. The molecule has 1 unspecified atom stereocenters. The van der Waals surface area contributed by atoms with Gasteiger partial charge in [-0.1, -0.05) is 18.9 Å². The Morgan fingerprint density at radius 3 is 2.58 bits per heavy atom. The van der Waals surface area contributed by atoms with Crippen molar-refractivity contribution in [2.75, 3.05) is 60.4 Å². The molecule has 3 heterocycles. The molecule has 1 atom stereocenters. The molecule has 0 aliphatic carbocycles. The van der Waals surface area contributed by atoms with Crippen LogP contribution in [0.15, 0.2) is 47.3 Å². The van der Waals surface area contributed by atoms with Gasteiger partial charge in [-0.05, 0) is 80.5 Å². The van der Waals surface area contributed by atoms with E-state index in [-0.39, 0.29) is 6.04 Å². The SMILES string of the molecule is CCc1cc(Nc2ncc(Br)c(Nc3ccc4nccnc4c3N(SC)C(C)C)n2)c(OC)cc1N1CCC(N(C)C)C1. The van der Waals surface area contributed by atoms with E-state index in [2.05, 4.69) is 109 Å². The Hall–Kier alpha value is -3.35. The van der Waals surface area contributed by atoms with Crippen molar-refractivity contribution in [1.29, 1.82) is 0 Å². The third-order valence-electron chi connectivity index (χ3n) is 7.76. The maximum absolute atomic E-state index is 5.86. The van der Waals surface area contributed by atoms with E-state index in [9.17, 15) is 0 Å². The lowest BCUT2D eigenvalue weighted by molar-refractivity contribution is 0.315. The Kier molecular flexibility index (Phi) is 9.78. The van der Waals surface area contributed by atoms with E-state index < -0.39 is 0 Å². The summed E-state index contributed by atoms with van der Waals surface area (Å²) in [7, 11) is 6.01. The number of hydrogen-bond acceptors (Lipinski definition) is 11. The standard InChI is InChI=1S/C31H40BrN9OS/c1-8-20-15-25(27(42-6)16-26(20)40-14-11-21(18-40)39(4)5)37-31-35-17-22(32)30(38-31)36-24-10-9-23-28(34-13-12-33-23)29(24)41(43-7)19(2)3/h9-10,12-13,15-17,19,21H,8,11,14,18H2,1-7H3,(H2,35,36,37,38). The number of aryl methyl sites for hydroxylation is 1. The van der Waals surface area contributed by atoms with Crippen molar-refractivity contribution in [1.82, 2.24) is 24.8 Å². The van der Waals surface area contributed by atoms with E-state index in [0.717, 1.165) is 64.2 Å². The molecule has 1 saturated heterocycles. The summed E-state index contributed by atoms with van der Waals surface area (Å²) < 4.78 is 8.83. The Balaban J connectivity index is 1.47. The molecule has 1 aliphatic rings.